The molecule has 0 radical (unpaired) electrons. The van der Waals surface area contributed by atoms with E-state index in [-0.39, 0.29) is 5.78 Å². The molecule has 0 heterocycles. The van der Waals surface area contributed by atoms with Crippen molar-refractivity contribution in [3.8, 4) is 5.75 Å². The summed E-state index contributed by atoms with van der Waals surface area (Å²) in [6.45, 7) is 0. The molecule has 1 spiro atoms. The Morgan fingerprint density at radius 1 is 1.32 bits per heavy atom. The van der Waals surface area contributed by atoms with Crippen LogP contribution in [0.25, 0.3) is 0 Å². The first kappa shape index (κ1) is 11.5. The fraction of sp³-hybridized carbons (Fsp3) is 0.562. The largest absolute Gasteiger partial charge is 0.496 e. The highest BCUT2D eigenvalue weighted by Crippen LogP contribution is 2.69. The van der Waals surface area contributed by atoms with Crippen molar-refractivity contribution in [1.29, 1.82) is 0 Å². The Kier molecular flexibility index (Phi) is 2.05. The highest BCUT2D eigenvalue weighted by Gasteiger charge is 2.70. The molecule has 4 rings (SSSR count). The molecule has 0 unspecified atom stereocenters. The molecule has 2 saturated carbocycles. The summed E-state index contributed by atoms with van der Waals surface area (Å²) in [7, 11) is 1.59. The van der Waals surface area contributed by atoms with Gasteiger partial charge >= 0.3 is 0 Å². The van der Waals surface area contributed by atoms with E-state index in [4.69, 9.17) is 4.74 Å². The summed E-state index contributed by atoms with van der Waals surface area (Å²) in [6, 6.07) is 5.61. The van der Waals surface area contributed by atoms with Crippen molar-refractivity contribution in [2.24, 2.45) is 11.3 Å². The average molecular weight is 258 g/mol. The molecule has 0 saturated heterocycles. The predicted octanol–water partition coefficient (Wildman–Crippen LogP) is 2.66. The molecule has 3 atom stereocenters. The first-order valence-electron chi connectivity index (χ1n) is 7.10. The summed E-state index contributed by atoms with van der Waals surface area (Å²) in [5.41, 5.74) is -0.0561. The molecule has 100 valence electrons. The smallest absolute Gasteiger partial charge is 0.176 e. The predicted molar refractivity (Wildman–Crippen MR) is 70.2 cm³/mol. The number of Topliss-reactive ketones (excluding diaryl/α,β-unsaturated/α-hetero) is 1. The third-order valence-electron chi connectivity index (χ3n) is 5.74. The number of ether oxygens (including phenoxy) is 1. The van der Waals surface area contributed by atoms with Gasteiger partial charge in [-0.2, -0.15) is 0 Å². The van der Waals surface area contributed by atoms with Gasteiger partial charge in [0.1, 0.15) is 11.4 Å². The molecule has 2 fully saturated rings. The number of hydrogen-bond acceptors (Lipinski definition) is 3. The lowest BCUT2D eigenvalue weighted by molar-refractivity contribution is -0.0466. The summed E-state index contributed by atoms with van der Waals surface area (Å²) in [6.07, 6.45) is 4.63. The van der Waals surface area contributed by atoms with Crippen LogP contribution in [0.1, 0.15) is 48.0 Å². The van der Waals surface area contributed by atoms with E-state index in [0.717, 1.165) is 31.2 Å². The van der Waals surface area contributed by atoms with Crippen LogP contribution in [0.3, 0.4) is 0 Å². The summed E-state index contributed by atoms with van der Waals surface area (Å²) >= 11 is 0. The van der Waals surface area contributed by atoms with E-state index in [0.29, 0.717) is 23.7 Å². The summed E-state index contributed by atoms with van der Waals surface area (Å²) in [5, 5.41) is 11.3. The van der Waals surface area contributed by atoms with Gasteiger partial charge in [-0.3, -0.25) is 4.79 Å². The van der Waals surface area contributed by atoms with Crippen molar-refractivity contribution >= 4 is 5.78 Å². The Bertz CT molecular complexity index is 579. The standard InChI is InChI=1S/C16H18O3/c1-19-12-6-2-5-11-13(12)14(17)15-8-3-4-10(15)7-9-16(11,15)18/h2,5-6,10,18H,3-4,7-9H2,1H3/t10-,15-,16-/m0/s1. The minimum atomic E-state index is -0.949. The Morgan fingerprint density at radius 2 is 2.16 bits per heavy atom. The molecule has 3 nitrogen and oxygen atoms in total. The van der Waals surface area contributed by atoms with Gasteiger partial charge in [0.15, 0.2) is 5.78 Å². The lowest BCUT2D eigenvalue weighted by Gasteiger charge is -2.35. The van der Waals surface area contributed by atoms with Crippen LogP contribution in [0.4, 0.5) is 0 Å². The number of fused-ring (bicyclic) bond motifs is 2. The van der Waals surface area contributed by atoms with Crippen LogP contribution in [0.5, 0.6) is 5.75 Å². The molecule has 3 aliphatic rings. The van der Waals surface area contributed by atoms with Crippen molar-refractivity contribution in [2.75, 3.05) is 7.11 Å². The summed E-state index contributed by atoms with van der Waals surface area (Å²) in [4.78, 5) is 13.0. The second-order valence-corrected chi connectivity index (χ2v) is 6.17. The van der Waals surface area contributed by atoms with Crippen LogP contribution in [0, 0.1) is 11.3 Å². The van der Waals surface area contributed by atoms with Crippen molar-refractivity contribution in [1.82, 2.24) is 0 Å². The molecular weight excluding hydrogens is 240 g/mol. The van der Waals surface area contributed by atoms with Crippen LogP contribution in [-0.4, -0.2) is 18.0 Å². The maximum Gasteiger partial charge on any atom is 0.176 e. The third-order valence-corrected chi connectivity index (χ3v) is 5.74. The lowest BCUT2D eigenvalue weighted by atomic mass is 9.71. The number of aliphatic hydroxyl groups is 1. The molecule has 1 aromatic carbocycles. The Balaban J connectivity index is 2.02. The first-order chi connectivity index (χ1) is 9.15. The zero-order valence-electron chi connectivity index (χ0n) is 11.1. The van der Waals surface area contributed by atoms with Crippen LogP contribution in [-0.2, 0) is 5.60 Å². The van der Waals surface area contributed by atoms with Crippen molar-refractivity contribution in [3.05, 3.63) is 29.3 Å². The van der Waals surface area contributed by atoms with E-state index >= 15 is 0 Å². The molecule has 0 amide bonds. The van der Waals surface area contributed by atoms with E-state index in [2.05, 4.69) is 0 Å². The topological polar surface area (TPSA) is 46.5 Å². The van der Waals surface area contributed by atoms with Gasteiger partial charge < -0.3 is 9.84 Å². The zero-order valence-corrected chi connectivity index (χ0v) is 11.1. The van der Waals surface area contributed by atoms with Crippen molar-refractivity contribution in [3.63, 3.8) is 0 Å². The van der Waals surface area contributed by atoms with Gasteiger partial charge in [-0.25, -0.2) is 0 Å². The number of carbonyl (C=O) groups excluding carboxylic acids is 1. The molecular formula is C16H18O3. The minimum absolute atomic E-state index is 0.127. The van der Waals surface area contributed by atoms with Gasteiger partial charge in [-0.15, -0.1) is 0 Å². The SMILES string of the molecule is COc1cccc2c1C(=O)[C@]13CCC[C@H]1CC[C@]23O. The average Bonchev–Trinajstić information content (AvgIpc) is 3.02. The fourth-order valence-corrected chi connectivity index (χ4v) is 4.98. The highest BCUT2D eigenvalue weighted by molar-refractivity contribution is 6.09. The number of ketones is 1. The second kappa shape index (κ2) is 3.40. The molecule has 0 aromatic heterocycles. The Labute approximate surface area is 112 Å². The highest BCUT2D eigenvalue weighted by atomic mass is 16.5. The first-order valence-corrected chi connectivity index (χ1v) is 7.10. The quantitative estimate of drug-likeness (QED) is 0.842. The summed E-state index contributed by atoms with van der Waals surface area (Å²) < 4.78 is 5.35. The van der Waals surface area contributed by atoms with E-state index < -0.39 is 11.0 Å². The van der Waals surface area contributed by atoms with Gasteiger partial charge in [0.05, 0.1) is 18.1 Å². The van der Waals surface area contributed by atoms with Gasteiger partial charge in [0.25, 0.3) is 0 Å². The summed E-state index contributed by atoms with van der Waals surface area (Å²) in [5.74, 6) is 1.09. The number of carbonyl (C=O) groups is 1. The van der Waals surface area contributed by atoms with Gasteiger partial charge in [0, 0.05) is 0 Å². The van der Waals surface area contributed by atoms with Crippen LogP contribution >= 0.6 is 0 Å². The monoisotopic (exact) mass is 258 g/mol. The number of hydrogen-bond donors (Lipinski definition) is 1. The van der Waals surface area contributed by atoms with E-state index in [9.17, 15) is 9.90 Å². The van der Waals surface area contributed by atoms with E-state index in [1.54, 1.807) is 7.11 Å². The molecule has 0 aliphatic heterocycles. The zero-order chi connectivity index (χ0) is 13.3. The van der Waals surface area contributed by atoms with E-state index in [1.165, 1.54) is 0 Å². The molecule has 19 heavy (non-hydrogen) atoms. The molecule has 3 aliphatic carbocycles. The number of rotatable bonds is 1. The molecule has 1 aromatic rings. The number of benzene rings is 1. The maximum atomic E-state index is 13.0. The maximum absolute atomic E-state index is 13.0. The van der Waals surface area contributed by atoms with Crippen molar-refractivity contribution < 1.29 is 14.6 Å². The van der Waals surface area contributed by atoms with Crippen LogP contribution < -0.4 is 4.74 Å². The van der Waals surface area contributed by atoms with Gasteiger partial charge in [0.2, 0.25) is 0 Å². The van der Waals surface area contributed by atoms with Gasteiger partial charge in [-0.1, -0.05) is 18.6 Å². The molecule has 3 heteroatoms. The van der Waals surface area contributed by atoms with E-state index in [1.807, 2.05) is 18.2 Å². The second-order valence-electron chi connectivity index (χ2n) is 6.17. The fourth-order valence-electron chi connectivity index (χ4n) is 4.98. The van der Waals surface area contributed by atoms with Crippen molar-refractivity contribution in [2.45, 2.75) is 37.7 Å². The lowest BCUT2D eigenvalue weighted by Crippen LogP contribution is -2.42. The number of methoxy groups -OCH3 is 1. The minimum Gasteiger partial charge on any atom is -0.496 e. The molecule has 0 bridgehead atoms. The van der Waals surface area contributed by atoms with Gasteiger partial charge in [-0.05, 0) is 43.2 Å². The normalized spacial score (nSPS) is 39.1. The van der Waals surface area contributed by atoms with Crippen LogP contribution in [0.2, 0.25) is 0 Å². The molecule has 1 N–H and O–H groups in total. The van der Waals surface area contributed by atoms with Crippen LogP contribution in [0.15, 0.2) is 18.2 Å². The Morgan fingerprint density at radius 3 is 2.95 bits per heavy atom. The Hall–Kier alpha value is -1.35. The third kappa shape index (κ3) is 1.04.